The van der Waals surface area contributed by atoms with E-state index in [1.54, 1.807) is 53.6 Å². The van der Waals surface area contributed by atoms with Crippen molar-refractivity contribution in [3.8, 4) is 0 Å². The maximum atomic E-state index is 13.9. The molecule has 0 spiro atoms. The molecule has 1 atom stereocenters. The number of carbonyl (C=O) groups excluding carboxylic acids is 2. The largest absolute Gasteiger partial charge is 0.755 e. The monoisotopic (exact) mass is 550 g/mol. The van der Waals surface area contributed by atoms with Gasteiger partial charge in [-0.1, -0.05) is 18.2 Å². The normalized spacial score (nSPS) is 14.2. The van der Waals surface area contributed by atoms with Crippen LogP contribution in [-0.2, 0) is 11.3 Å². The van der Waals surface area contributed by atoms with Crippen LogP contribution >= 0.6 is 0 Å². The fraction of sp³-hybridized carbons (Fsp3) is 0.148. The summed E-state index contributed by atoms with van der Waals surface area (Å²) >= 11 is -2.65. The summed E-state index contributed by atoms with van der Waals surface area (Å²) in [7, 11) is 0. The summed E-state index contributed by atoms with van der Waals surface area (Å²) in [4.78, 5) is 32.9. The number of aromatic nitrogens is 1. The van der Waals surface area contributed by atoms with E-state index >= 15 is 0 Å². The van der Waals surface area contributed by atoms with Gasteiger partial charge in [0.15, 0.2) is 0 Å². The number of urea groups is 1. The number of halogens is 2. The van der Waals surface area contributed by atoms with Gasteiger partial charge in [0.1, 0.15) is 11.6 Å². The number of nitrogens with one attached hydrogen (secondary N) is 1. The van der Waals surface area contributed by atoms with E-state index < -0.39 is 28.9 Å². The van der Waals surface area contributed by atoms with Crippen LogP contribution in [0.3, 0.4) is 0 Å². The van der Waals surface area contributed by atoms with E-state index in [1.807, 2.05) is 12.1 Å². The molecule has 200 valence electrons. The van der Waals surface area contributed by atoms with E-state index in [0.29, 0.717) is 28.5 Å². The Kier molecular flexibility index (Phi) is 7.48. The van der Waals surface area contributed by atoms with Crippen LogP contribution in [0, 0.1) is 11.6 Å². The van der Waals surface area contributed by atoms with Crippen LogP contribution in [0.15, 0.2) is 79.0 Å². The number of para-hydroxylation sites is 1. The van der Waals surface area contributed by atoms with Crippen LogP contribution in [0.4, 0.5) is 30.6 Å². The highest BCUT2D eigenvalue weighted by Crippen LogP contribution is 2.32. The summed E-state index contributed by atoms with van der Waals surface area (Å²) in [5.74, 6) is -1.89. The van der Waals surface area contributed by atoms with E-state index in [1.165, 1.54) is 4.90 Å². The molecule has 12 heteroatoms. The minimum Gasteiger partial charge on any atom is -0.755 e. The Morgan fingerprint density at radius 2 is 1.62 bits per heavy atom. The SMILES string of the molecule is O=C(Nc1ccc(F)cc1F)N1CCN(C(=O)c2ccc(N(c3cccc4cccnc34)S(=O)[O-])cc2)CC1. The second kappa shape index (κ2) is 11.1. The fourth-order valence-corrected chi connectivity index (χ4v) is 4.98. The minimum atomic E-state index is -2.65. The van der Waals surface area contributed by atoms with E-state index in [4.69, 9.17) is 0 Å². The summed E-state index contributed by atoms with van der Waals surface area (Å²) in [6.07, 6.45) is 1.59. The molecule has 0 bridgehead atoms. The molecule has 0 radical (unpaired) electrons. The summed E-state index contributed by atoms with van der Waals surface area (Å²) in [6, 6.07) is 17.4. The number of hydrogen-bond donors (Lipinski definition) is 1. The summed E-state index contributed by atoms with van der Waals surface area (Å²) in [6.45, 7) is 0.932. The van der Waals surface area contributed by atoms with Gasteiger partial charge in [0.05, 0.1) is 33.8 Å². The first-order valence-electron chi connectivity index (χ1n) is 12.0. The number of benzene rings is 3. The standard InChI is InChI=1S/C27H23F2N5O4S/c28-20-8-11-23(22(29)17-20)31-27(36)33-15-13-32(14-16-33)26(35)19-6-9-21(10-7-19)34(39(37)38)24-5-1-3-18-4-2-12-30-25(18)24/h1-12,17H,13-16H2,(H,31,36)(H,37,38)/p-1. The van der Waals surface area contributed by atoms with E-state index in [-0.39, 0.29) is 37.8 Å². The molecule has 1 fully saturated rings. The second-order valence-corrected chi connectivity index (χ2v) is 9.54. The van der Waals surface area contributed by atoms with Crippen molar-refractivity contribution in [3.05, 3.63) is 96.2 Å². The average Bonchev–Trinajstić information content (AvgIpc) is 2.95. The number of anilines is 3. The first-order chi connectivity index (χ1) is 18.8. The van der Waals surface area contributed by atoms with Crippen LogP contribution in [0.5, 0.6) is 0 Å². The van der Waals surface area contributed by atoms with Crippen molar-refractivity contribution in [2.45, 2.75) is 0 Å². The Hall–Kier alpha value is -4.42. The zero-order valence-electron chi connectivity index (χ0n) is 20.4. The van der Waals surface area contributed by atoms with Gasteiger partial charge in [-0.25, -0.2) is 13.6 Å². The molecule has 0 aliphatic carbocycles. The van der Waals surface area contributed by atoms with Crippen molar-refractivity contribution >= 4 is 51.2 Å². The number of carbonyl (C=O) groups is 2. The van der Waals surface area contributed by atoms with Gasteiger partial charge >= 0.3 is 6.03 Å². The Morgan fingerprint density at radius 3 is 2.31 bits per heavy atom. The molecular formula is C27H22F2N5O4S-. The lowest BCUT2D eigenvalue weighted by molar-refractivity contribution is 0.0671. The molecule has 5 rings (SSSR count). The van der Waals surface area contributed by atoms with Gasteiger partial charge in [0.25, 0.3) is 5.91 Å². The molecule has 1 aliphatic heterocycles. The highest BCUT2D eigenvalue weighted by molar-refractivity contribution is 7.81. The number of hydrogen-bond acceptors (Lipinski definition) is 5. The van der Waals surface area contributed by atoms with Crippen LogP contribution in [0.1, 0.15) is 10.4 Å². The maximum absolute atomic E-state index is 13.9. The van der Waals surface area contributed by atoms with Gasteiger partial charge in [0, 0.05) is 49.4 Å². The predicted molar refractivity (Wildman–Crippen MR) is 142 cm³/mol. The second-order valence-electron chi connectivity index (χ2n) is 8.74. The molecule has 9 nitrogen and oxygen atoms in total. The number of pyridine rings is 1. The van der Waals surface area contributed by atoms with Crippen LogP contribution < -0.4 is 9.62 Å². The lowest BCUT2D eigenvalue weighted by atomic mass is 10.1. The van der Waals surface area contributed by atoms with Gasteiger partial charge in [-0.2, -0.15) is 0 Å². The minimum absolute atomic E-state index is 0.132. The van der Waals surface area contributed by atoms with E-state index in [9.17, 15) is 27.1 Å². The maximum Gasteiger partial charge on any atom is 0.322 e. The number of fused-ring (bicyclic) bond motifs is 1. The van der Waals surface area contributed by atoms with Crippen molar-refractivity contribution in [1.29, 1.82) is 0 Å². The molecule has 1 saturated heterocycles. The molecule has 2 heterocycles. The van der Waals surface area contributed by atoms with Crippen molar-refractivity contribution in [2.24, 2.45) is 0 Å². The third-order valence-corrected chi connectivity index (χ3v) is 7.06. The predicted octanol–water partition coefficient (Wildman–Crippen LogP) is 4.44. The Labute approximate surface area is 225 Å². The van der Waals surface area contributed by atoms with Gasteiger partial charge in [-0.15, -0.1) is 0 Å². The Morgan fingerprint density at radius 1 is 0.923 bits per heavy atom. The van der Waals surface area contributed by atoms with Crippen LogP contribution in [-0.4, -0.2) is 61.7 Å². The third kappa shape index (κ3) is 5.56. The average molecular weight is 551 g/mol. The molecule has 4 aromatic rings. The van der Waals surface area contributed by atoms with Crippen LogP contribution in [0.2, 0.25) is 0 Å². The van der Waals surface area contributed by atoms with Gasteiger partial charge in [-0.05, 0) is 48.5 Å². The molecule has 3 aromatic carbocycles. The lowest BCUT2D eigenvalue weighted by Gasteiger charge is -2.35. The summed E-state index contributed by atoms with van der Waals surface area (Å²) in [5, 5.41) is 3.20. The fourth-order valence-electron chi connectivity index (χ4n) is 4.38. The van der Waals surface area contributed by atoms with Gasteiger partial charge in [0.2, 0.25) is 0 Å². The zero-order chi connectivity index (χ0) is 27.5. The van der Waals surface area contributed by atoms with Crippen molar-refractivity contribution < 1.29 is 27.1 Å². The topological polar surface area (TPSA) is 109 Å². The number of piperazine rings is 1. The highest BCUT2D eigenvalue weighted by atomic mass is 32.2. The van der Waals surface area contributed by atoms with E-state index in [0.717, 1.165) is 21.8 Å². The first kappa shape index (κ1) is 26.2. The van der Waals surface area contributed by atoms with Crippen molar-refractivity contribution in [2.75, 3.05) is 35.8 Å². The van der Waals surface area contributed by atoms with Gasteiger partial charge < -0.3 is 19.7 Å². The quantitative estimate of drug-likeness (QED) is 0.370. The molecule has 1 unspecified atom stereocenters. The number of amides is 3. The molecule has 1 N–H and O–H groups in total. The number of rotatable bonds is 5. The highest BCUT2D eigenvalue weighted by Gasteiger charge is 2.26. The number of nitrogens with zero attached hydrogens (tertiary/aromatic N) is 4. The first-order valence-corrected chi connectivity index (χ1v) is 13.0. The zero-order valence-corrected chi connectivity index (χ0v) is 21.2. The smallest absolute Gasteiger partial charge is 0.322 e. The Bertz CT molecular complexity index is 1560. The van der Waals surface area contributed by atoms with E-state index in [2.05, 4.69) is 10.3 Å². The van der Waals surface area contributed by atoms with Crippen molar-refractivity contribution in [3.63, 3.8) is 0 Å². The summed E-state index contributed by atoms with van der Waals surface area (Å²) in [5.41, 5.74) is 1.47. The molecule has 39 heavy (non-hydrogen) atoms. The Balaban J connectivity index is 1.25. The molecule has 1 aromatic heterocycles. The molecule has 1 aliphatic rings. The molecular weight excluding hydrogens is 528 g/mol. The van der Waals surface area contributed by atoms with Crippen LogP contribution in [0.25, 0.3) is 10.9 Å². The molecule has 0 saturated carbocycles. The summed E-state index contributed by atoms with van der Waals surface area (Å²) < 4.78 is 52.5. The lowest BCUT2D eigenvalue weighted by Crippen LogP contribution is -2.51. The molecule has 3 amide bonds. The van der Waals surface area contributed by atoms with Crippen molar-refractivity contribution in [1.82, 2.24) is 14.8 Å². The van der Waals surface area contributed by atoms with Gasteiger partial charge in [-0.3, -0.25) is 18.3 Å². The third-order valence-electron chi connectivity index (χ3n) is 6.35.